The van der Waals surface area contributed by atoms with Gasteiger partial charge in [-0.25, -0.2) is 0 Å². The minimum Gasteiger partial charge on any atom is -0.480 e. The zero-order valence-corrected chi connectivity index (χ0v) is 12.3. The van der Waals surface area contributed by atoms with Gasteiger partial charge in [-0.3, -0.25) is 4.79 Å². The Morgan fingerprint density at radius 1 is 1.32 bits per heavy atom. The number of carboxylic acid groups (broad SMARTS) is 1. The Balaban J connectivity index is 1.93. The summed E-state index contributed by atoms with van der Waals surface area (Å²) in [5.74, 6) is 0.148. The molecule has 2 unspecified atom stereocenters. The van der Waals surface area contributed by atoms with E-state index < -0.39 is 11.5 Å². The normalized spacial score (nSPS) is 32.9. The van der Waals surface area contributed by atoms with E-state index in [9.17, 15) is 9.90 Å². The van der Waals surface area contributed by atoms with Gasteiger partial charge in [0.1, 0.15) is 5.54 Å². The number of likely N-dealkylation sites (N-methyl/N-ethyl adjacent to an activating group) is 1. The molecule has 2 aliphatic carbocycles. The maximum absolute atomic E-state index is 11.5. The maximum atomic E-state index is 11.5. The van der Waals surface area contributed by atoms with Crippen LogP contribution in [0.3, 0.4) is 0 Å². The number of hydrogen-bond acceptors (Lipinski definition) is 3. The number of hydrogen-bond donors (Lipinski definition) is 2. The van der Waals surface area contributed by atoms with Gasteiger partial charge in [-0.1, -0.05) is 12.8 Å². The molecular formula is C15H28N2O2. The van der Waals surface area contributed by atoms with E-state index >= 15 is 0 Å². The highest BCUT2D eigenvalue weighted by Crippen LogP contribution is 2.33. The number of nitrogens with one attached hydrogen (secondary N) is 1. The van der Waals surface area contributed by atoms with E-state index in [1.165, 1.54) is 25.7 Å². The fourth-order valence-electron chi connectivity index (χ4n) is 3.90. The van der Waals surface area contributed by atoms with Gasteiger partial charge in [0.25, 0.3) is 0 Å². The van der Waals surface area contributed by atoms with E-state index in [1.807, 2.05) is 0 Å². The molecule has 2 aliphatic rings. The molecule has 2 atom stereocenters. The van der Waals surface area contributed by atoms with E-state index in [4.69, 9.17) is 0 Å². The summed E-state index contributed by atoms with van der Waals surface area (Å²) in [7, 11) is 3.96. The Hall–Kier alpha value is -0.610. The molecule has 4 heteroatoms. The number of carboxylic acids is 1. The Kier molecular flexibility index (Phi) is 4.85. The van der Waals surface area contributed by atoms with Crippen LogP contribution in [-0.4, -0.2) is 48.2 Å². The Labute approximate surface area is 116 Å². The smallest absolute Gasteiger partial charge is 0.323 e. The van der Waals surface area contributed by atoms with Crippen molar-refractivity contribution >= 4 is 5.97 Å². The van der Waals surface area contributed by atoms with Crippen molar-refractivity contribution in [2.45, 2.75) is 62.9 Å². The van der Waals surface area contributed by atoms with Crippen LogP contribution in [0.1, 0.15) is 51.4 Å². The predicted molar refractivity (Wildman–Crippen MR) is 76.3 cm³/mol. The van der Waals surface area contributed by atoms with Crippen molar-refractivity contribution in [2.75, 3.05) is 20.6 Å². The van der Waals surface area contributed by atoms with Crippen LogP contribution in [0.25, 0.3) is 0 Å². The highest BCUT2D eigenvalue weighted by atomic mass is 16.4. The second-order valence-electron chi connectivity index (χ2n) is 6.48. The molecule has 0 aromatic carbocycles. The highest BCUT2D eigenvalue weighted by Gasteiger charge is 2.42. The molecule has 0 spiro atoms. The zero-order chi connectivity index (χ0) is 13.9. The molecule has 19 heavy (non-hydrogen) atoms. The minimum absolute atomic E-state index is 0.415. The monoisotopic (exact) mass is 268 g/mol. The molecule has 2 N–H and O–H groups in total. The van der Waals surface area contributed by atoms with E-state index in [1.54, 1.807) is 7.05 Å². The van der Waals surface area contributed by atoms with Crippen molar-refractivity contribution < 1.29 is 9.90 Å². The van der Waals surface area contributed by atoms with Crippen LogP contribution in [0.15, 0.2) is 0 Å². The van der Waals surface area contributed by atoms with Crippen LogP contribution in [0.4, 0.5) is 0 Å². The lowest BCUT2D eigenvalue weighted by Gasteiger charge is -2.41. The first-order chi connectivity index (χ1) is 9.07. The summed E-state index contributed by atoms with van der Waals surface area (Å²) < 4.78 is 0. The molecule has 0 bridgehead atoms. The molecule has 2 rings (SSSR count). The summed E-state index contributed by atoms with van der Waals surface area (Å²) in [5, 5.41) is 12.6. The van der Waals surface area contributed by atoms with E-state index in [2.05, 4.69) is 17.3 Å². The minimum atomic E-state index is -0.702. The molecule has 0 radical (unpaired) electrons. The molecule has 4 nitrogen and oxygen atoms in total. The number of rotatable bonds is 5. The highest BCUT2D eigenvalue weighted by molar-refractivity contribution is 5.79. The van der Waals surface area contributed by atoms with Crippen LogP contribution >= 0.6 is 0 Å². The maximum Gasteiger partial charge on any atom is 0.323 e. The van der Waals surface area contributed by atoms with Gasteiger partial charge in [0.15, 0.2) is 0 Å². The van der Waals surface area contributed by atoms with Gasteiger partial charge in [-0.05, 0) is 58.5 Å². The van der Waals surface area contributed by atoms with Crippen molar-refractivity contribution in [1.82, 2.24) is 10.2 Å². The van der Waals surface area contributed by atoms with E-state index in [-0.39, 0.29) is 0 Å². The molecule has 0 aliphatic heterocycles. The summed E-state index contributed by atoms with van der Waals surface area (Å²) in [6.45, 7) is 1.14. The standard InChI is InChI=1S/C15H28N2O2/c1-16-15(14(18)19)9-5-8-13(10-15)17(2)11-12-6-3-4-7-12/h12-13,16H,3-11H2,1-2H3,(H,18,19). The predicted octanol–water partition coefficient (Wildman–Crippen LogP) is 2.09. The van der Waals surface area contributed by atoms with Gasteiger partial charge in [0.2, 0.25) is 0 Å². The molecular weight excluding hydrogens is 240 g/mol. The first-order valence-corrected chi connectivity index (χ1v) is 7.70. The largest absolute Gasteiger partial charge is 0.480 e. The second kappa shape index (κ2) is 6.23. The third kappa shape index (κ3) is 3.29. The molecule has 0 aromatic heterocycles. The number of nitrogens with zero attached hydrogens (tertiary/aromatic N) is 1. The number of aliphatic carboxylic acids is 1. The van der Waals surface area contributed by atoms with Crippen LogP contribution in [0, 0.1) is 5.92 Å². The third-order valence-electron chi connectivity index (χ3n) is 5.26. The van der Waals surface area contributed by atoms with Crippen molar-refractivity contribution in [3.05, 3.63) is 0 Å². The lowest BCUT2D eigenvalue weighted by molar-refractivity contribution is -0.147. The summed E-state index contributed by atoms with van der Waals surface area (Å²) >= 11 is 0. The zero-order valence-electron chi connectivity index (χ0n) is 12.3. The number of carbonyl (C=O) groups is 1. The molecule has 110 valence electrons. The van der Waals surface area contributed by atoms with Crippen LogP contribution in [0.2, 0.25) is 0 Å². The Morgan fingerprint density at radius 3 is 2.58 bits per heavy atom. The van der Waals surface area contributed by atoms with Crippen molar-refractivity contribution in [3.63, 3.8) is 0 Å². The Morgan fingerprint density at radius 2 is 2.00 bits per heavy atom. The van der Waals surface area contributed by atoms with Crippen LogP contribution in [-0.2, 0) is 4.79 Å². The van der Waals surface area contributed by atoms with Gasteiger partial charge < -0.3 is 15.3 Å². The fraction of sp³-hybridized carbons (Fsp3) is 0.933. The molecule has 2 saturated carbocycles. The third-order valence-corrected chi connectivity index (χ3v) is 5.26. The van der Waals surface area contributed by atoms with Gasteiger partial charge in [0.05, 0.1) is 0 Å². The SMILES string of the molecule is CNC1(C(=O)O)CCCC(N(C)CC2CCCC2)C1. The average Bonchev–Trinajstić information content (AvgIpc) is 2.91. The average molecular weight is 268 g/mol. The summed E-state index contributed by atoms with van der Waals surface area (Å²) in [5.41, 5.74) is -0.702. The molecule has 0 heterocycles. The first kappa shape index (κ1) is 14.8. The van der Waals surface area contributed by atoms with Gasteiger partial charge in [0, 0.05) is 12.6 Å². The molecule has 2 fully saturated rings. The lowest BCUT2D eigenvalue weighted by Crippen LogP contribution is -2.57. The van der Waals surface area contributed by atoms with E-state index in [0.29, 0.717) is 6.04 Å². The summed E-state index contributed by atoms with van der Waals surface area (Å²) in [4.78, 5) is 14.0. The second-order valence-corrected chi connectivity index (χ2v) is 6.48. The molecule has 0 aromatic rings. The van der Waals surface area contributed by atoms with E-state index in [0.717, 1.165) is 38.1 Å². The van der Waals surface area contributed by atoms with Crippen molar-refractivity contribution in [3.8, 4) is 0 Å². The Bertz CT molecular complexity index is 315. The van der Waals surface area contributed by atoms with Crippen LogP contribution < -0.4 is 5.32 Å². The molecule has 0 saturated heterocycles. The van der Waals surface area contributed by atoms with Crippen molar-refractivity contribution in [2.24, 2.45) is 5.92 Å². The van der Waals surface area contributed by atoms with Gasteiger partial charge in [-0.15, -0.1) is 0 Å². The fourth-order valence-corrected chi connectivity index (χ4v) is 3.90. The molecule has 0 amide bonds. The lowest BCUT2D eigenvalue weighted by atomic mass is 9.78. The topological polar surface area (TPSA) is 52.6 Å². The van der Waals surface area contributed by atoms with Crippen molar-refractivity contribution in [1.29, 1.82) is 0 Å². The summed E-state index contributed by atoms with van der Waals surface area (Å²) in [6, 6.07) is 0.415. The van der Waals surface area contributed by atoms with Gasteiger partial charge >= 0.3 is 5.97 Å². The summed E-state index contributed by atoms with van der Waals surface area (Å²) in [6.07, 6.45) is 9.10. The van der Waals surface area contributed by atoms with Gasteiger partial charge in [-0.2, -0.15) is 0 Å². The first-order valence-electron chi connectivity index (χ1n) is 7.70. The quantitative estimate of drug-likeness (QED) is 0.801. The van der Waals surface area contributed by atoms with Crippen LogP contribution in [0.5, 0.6) is 0 Å².